The fourth-order valence-electron chi connectivity index (χ4n) is 1.87. The molecule has 1 saturated heterocycles. The maximum Gasteiger partial charge on any atom is 0.211 e. The van der Waals surface area contributed by atoms with Crippen LogP contribution in [0.5, 0.6) is 0 Å². The second-order valence-electron chi connectivity index (χ2n) is 6.14. The van der Waals surface area contributed by atoms with Crippen molar-refractivity contribution in [2.24, 2.45) is 5.41 Å². The van der Waals surface area contributed by atoms with Crippen molar-refractivity contribution in [3.05, 3.63) is 0 Å². The Hall–Kier alpha value is -0.130. The molecule has 0 bridgehead atoms. The summed E-state index contributed by atoms with van der Waals surface area (Å²) in [4.78, 5) is 0. The zero-order chi connectivity index (χ0) is 12.9. The number of rotatable bonds is 5. The molecule has 0 saturated carbocycles. The minimum atomic E-state index is -3.10. The lowest BCUT2D eigenvalue weighted by Gasteiger charge is -2.24. The van der Waals surface area contributed by atoms with E-state index in [1.54, 1.807) is 0 Å². The van der Waals surface area contributed by atoms with Crippen LogP contribution in [0.1, 0.15) is 46.5 Å². The van der Waals surface area contributed by atoms with E-state index in [9.17, 15) is 8.42 Å². The summed E-state index contributed by atoms with van der Waals surface area (Å²) in [5.41, 5.74) is -0.00381. The summed E-state index contributed by atoms with van der Waals surface area (Å²) in [7, 11) is -3.10. The van der Waals surface area contributed by atoms with Crippen molar-refractivity contribution in [3.8, 4) is 0 Å². The van der Waals surface area contributed by atoms with Gasteiger partial charge in [-0.15, -0.1) is 0 Å². The van der Waals surface area contributed by atoms with Crippen molar-refractivity contribution in [2.75, 3.05) is 18.8 Å². The lowest BCUT2D eigenvalue weighted by atomic mass is 9.98. The van der Waals surface area contributed by atoms with Crippen LogP contribution in [0.3, 0.4) is 0 Å². The predicted octanol–water partition coefficient (Wildman–Crippen LogP) is 1.48. The van der Waals surface area contributed by atoms with E-state index in [1.807, 2.05) is 20.8 Å². The van der Waals surface area contributed by atoms with Gasteiger partial charge in [-0.25, -0.2) is 13.1 Å². The molecule has 1 fully saturated rings. The molecule has 0 aliphatic carbocycles. The zero-order valence-corrected chi connectivity index (χ0v) is 12.1. The second-order valence-corrected chi connectivity index (χ2v) is 8.06. The largest absolute Gasteiger partial charge is 0.314 e. The standard InChI is InChI=1S/C12H26N2O2S/c1-12(2,3)10-14-17(15,16)9-7-11-6-4-5-8-13-11/h11,13-14H,4-10H2,1-3H3. The molecule has 17 heavy (non-hydrogen) atoms. The highest BCUT2D eigenvalue weighted by Crippen LogP contribution is 2.13. The molecule has 5 heteroatoms. The molecule has 2 N–H and O–H groups in total. The molecule has 102 valence electrons. The van der Waals surface area contributed by atoms with Crippen molar-refractivity contribution in [2.45, 2.75) is 52.5 Å². The van der Waals surface area contributed by atoms with Gasteiger partial charge in [-0.2, -0.15) is 0 Å². The van der Waals surface area contributed by atoms with E-state index in [1.165, 1.54) is 12.8 Å². The molecule has 0 aromatic rings. The molecule has 0 spiro atoms. The van der Waals surface area contributed by atoms with Crippen LogP contribution in [0.2, 0.25) is 0 Å². The first kappa shape index (κ1) is 14.9. The average Bonchev–Trinajstić information content (AvgIpc) is 2.25. The van der Waals surface area contributed by atoms with Gasteiger partial charge in [0.15, 0.2) is 0 Å². The van der Waals surface area contributed by atoms with Gasteiger partial charge in [0.1, 0.15) is 0 Å². The summed E-state index contributed by atoms with van der Waals surface area (Å²) in [6, 6.07) is 0.384. The van der Waals surface area contributed by atoms with Crippen LogP contribution in [-0.2, 0) is 10.0 Å². The van der Waals surface area contributed by atoms with Gasteiger partial charge in [-0.05, 0) is 31.2 Å². The summed E-state index contributed by atoms with van der Waals surface area (Å²) in [5, 5.41) is 3.37. The summed E-state index contributed by atoms with van der Waals surface area (Å²) < 4.78 is 26.2. The fourth-order valence-corrected chi connectivity index (χ4v) is 3.26. The van der Waals surface area contributed by atoms with E-state index < -0.39 is 10.0 Å². The average molecular weight is 262 g/mol. The second kappa shape index (κ2) is 6.16. The molecular formula is C12H26N2O2S. The molecule has 1 aliphatic rings. The first-order valence-electron chi connectivity index (χ1n) is 6.49. The summed E-state index contributed by atoms with van der Waals surface area (Å²) in [5.74, 6) is 0.237. The monoisotopic (exact) mass is 262 g/mol. The van der Waals surface area contributed by atoms with Gasteiger partial charge in [0.25, 0.3) is 0 Å². The van der Waals surface area contributed by atoms with Crippen LogP contribution >= 0.6 is 0 Å². The molecule has 1 heterocycles. The highest BCUT2D eigenvalue weighted by Gasteiger charge is 2.19. The number of hydrogen-bond acceptors (Lipinski definition) is 3. The lowest BCUT2D eigenvalue weighted by molar-refractivity contribution is 0.389. The predicted molar refractivity (Wildman–Crippen MR) is 71.5 cm³/mol. The maximum absolute atomic E-state index is 11.8. The minimum Gasteiger partial charge on any atom is -0.314 e. The van der Waals surface area contributed by atoms with Gasteiger partial charge in [0.05, 0.1) is 5.75 Å². The fraction of sp³-hybridized carbons (Fsp3) is 1.00. The first-order chi connectivity index (χ1) is 7.79. The van der Waals surface area contributed by atoms with E-state index in [2.05, 4.69) is 10.0 Å². The highest BCUT2D eigenvalue weighted by atomic mass is 32.2. The van der Waals surface area contributed by atoms with Gasteiger partial charge in [0, 0.05) is 12.6 Å². The SMILES string of the molecule is CC(C)(C)CNS(=O)(=O)CCC1CCCCN1. The number of nitrogens with one attached hydrogen (secondary N) is 2. The van der Waals surface area contributed by atoms with Crippen LogP contribution in [0, 0.1) is 5.41 Å². The topological polar surface area (TPSA) is 58.2 Å². The Balaban J connectivity index is 2.28. The Kier molecular flexibility index (Phi) is 5.41. The Bertz CT molecular complexity index is 314. The maximum atomic E-state index is 11.8. The van der Waals surface area contributed by atoms with Crippen LogP contribution in [-0.4, -0.2) is 33.3 Å². The number of sulfonamides is 1. The van der Waals surface area contributed by atoms with Gasteiger partial charge < -0.3 is 5.32 Å². The normalized spacial score (nSPS) is 22.6. The van der Waals surface area contributed by atoms with Crippen molar-refractivity contribution in [3.63, 3.8) is 0 Å². The molecule has 1 unspecified atom stereocenters. The van der Waals surface area contributed by atoms with E-state index in [0.29, 0.717) is 12.6 Å². The molecule has 0 aromatic heterocycles. The van der Waals surface area contributed by atoms with Gasteiger partial charge in [-0.3, -0.25) is 0 Å². The Morgan fingerprint density at radius 2 is 2.00 bits per heavy atom. The molecule has 1 rings (SSSR count). The van der Waals surface area contributed by atoms with E-state index in [0.717, 1.165) is 19.4 Å². The highest BCUT2D eigenvalue weighted by molar-refractivity contribution is 7.89. The van der Waals surface area contributed by atoms with Crippen molar-refractivity contribution < 1.29 is 8.42 Å². The zero-order valence-electron chi connectivity index (χ0n) is 11.3. The minimum absolute atomic E-state index is 0.00381. The summed E-state index contributed by atoms with van der Waals surface area (Å²) in [6.45, 7) is 7.61. The van der Waals surface area contributed by atoms with Gasteiger partial charge >= 0.3 is 0 Å². The van der Waals surface area contributed by atoms with Crippen LogP contribution in [0.25, 0.3) is 0 Å². The molecule has 0 radical (unpaired) electrons. The molecule has 1 atom stereocenters. The van der Waals surface area contributed by atoms with E-state index >= 15 is 0 Å². The Morgan fingerprint density at radius 1 is 1.29 bits per heavy atom. The van der Waals surface area contributed by atoms with E-state index in [4.69, 9.17) is 0 Å². The summed E-state index contributed by atoms with van der Waals surface area (Å²) >= 11 is 0. The molecule has 4 nitrogen and oxygen atoms in total. The van der Waals surface area contributed by atoms with Crippen LogP contribution in [0.15, 0.2) is 0 Å². The van der Waals surface area contributed by atoms with Gasteiger partial charge in [-0.1, -0.05) is 27.2 Å². The smallest absolute Gasteiger partial charge is 0.211 e. The van der Waals surface area contributed by atoms with Crippen molar-refractivity contribution in [1.29, 1.82) is 0 Å². The van der Waals surface area contributed by atoms with Crippen molar-refractivity contribution >= 4 is 10.0 Å². The third-order valence-electron chi connectivity index (χ3n) is 2.97. The van der Waals surface area contributed by atoms with Gasteiger partial charge in [0.2, 0.25) is 10.0 Å². The number of hydrogen-bond donors (Lipinski definition) is 2. The first-order valence-corrected chi connectivity index (χ1v) is 8.14. The quantitative estimate of drug-likeness (QED) is 0.789. The third kappa shape index (κ3) is 7.01. The van der Waals surface area contributed by atoms with Crippen molar-refractivity contribution in [1.82, 2.24) is 10.0 Å². The molecule has 0 amide bonds. The molecule has 0 aromatic carbocycles. The summed E-state index contributed by atoms with van der Waals surface area (Å²) in [6.07, 6.45) is 4.26. The molecular weight excluding hydrogens is 236 g/mol. The lowest BCUT2D eigenvalue weighted by Crippen LogP contribution is -2.38. The number of piperidine rings is 1. The third-order valence-corrected chi connectivity index (χ3v) is 4.33. The Labute approximate surface area is 106 Å². The van der Waals surface area contributed by atoms with Crippen LogP contribution in [0.4, 0.5) is 0 Å². The molecule has 1 aliphatic heterocycles. The van der Waals surface area contributed by atoms with Crippen LogP contribution < -0.4 is 10.0 Å². The Morgan fingerprint density at radius 3 is 2.53 bits per heavy atom. The van der Waals surface area contributed by atoms with E-state index in [-0.39, 0.29) is 11.2 Å².